The molecule has 3 aromatic rings. The Morgan fingerprint density at radius 2 is 1.33 bits per heavy atom. The van der Waals surface area contributed by atoms with Gasteiger partial charge in [-0.1, -0.05) is 0 Å². The van der Waals surface area contributed by atoms with Crippen molar-refractivity contribution in [2.75, 3.05) is 6.61 Å². The molecule has 3 fully saturated rings. The van der Waals surface area contributed by atoms with E-state index in [0.717, 1.165) is 0 Å². The van der Waals surface area contributed by atoms with E-state index in [9.17, 15) is 50.8 Å². The fourth-order valence-corrected chi connectivity index (χ4v) is 5.80. The molecule has 49 heavy (non-hydrogen) atoms. The Bertz CT molecular complexity index is 1660. The molecule has 17 nitrogen and oxygen atoms in total. The maximum absolute atomic E-state index is 14.1. The van der Waals surface area contributed by atoms with Crippen LogP contribution in [0.3, 0.4) is 0 Å². The Morgan fingerprint density at radius 1 is 0.694 bits per heavy atom. The van der Waals surface area contributed by atoms with Gasteiger partial charge < -0.3 is 78.8 Å². The molecule has 0 spiro atoms. The maximum atomic E-state index is 14.1. The lowest BCUT2D eigenvalue weighted by molar-refractivity contribution is -0.341. The Labute approximate surface area is 277 Å². The van der Waals surface area contributed by atoms with Gasteiger partial charge in [-0.15, -0.1) is 0 Å². The van der Waals surface area contributed by atoms with E-state index in [0.29, 0.717) is 0 Å². The van der Waals surface area contributed by atoms with E-state index >= 15 is 0 Å². The van der Waals surface area contributed by atoms with Crippen LogP contribution in [0.1, 0.15) is 13.8 Å². The Kier molecular flexibility index (Phi) is 10.2. The van der Waals surface area contributed by atoms with Crippen LogP contribution in [-0.4, -0.2) is 139 Å². The van der Waals surface area contributed by atoms with Crippen molar-refractivity contribution in [1.82, 2.24) is 0 Å². The smallest absolute Gasteiger partial charge is 0.235 e. The van der Waals surface area contributed by atoms with Crippen LogP contribution in [0.2, 0.25) is 0 Å². The summed E-state index contributed by atoms with van der Waals surface area (Å²) in [6.07, 6.45) is -20.7. The molecule has 3 saturated heterocycles. The highest BCUT2D eigenvalue weighted by molar-refractivity contribution is 5.83. The van der Waals surface area contributed by atoms with Gasteiger partial charge in [0.2, 0.25) is 23.8 Å². The van der Waals surface area contributed by atoms with Crippen molar-refractivity contribution < 1.29 is 78.8 Å². The summed E-state index contributed by atoms with van der Waals surface area (Å²) in [7, 11) is 0. The number of aromatic hydroxyl groups is 1. The molecule has 0 radical (unpaired) electrons. The first kappa shape index (κ1) is 35.4. The summed E-state index contributed by atoms with van der Waals surface area (Å²) in [5.41, 5.74) is -0.510. The lowest BCUT2D eigenvalue weighted by atomic mass is 9.99. The molecule has 4 heterocycles. The third kappa shape index (κ3) is 6.85. The molecule has 0 amide bonds. The molecule has 1 aromatic heterocycles. The van der Waals surface area contributed by atoms with E-state index in [1.165, 1.54) is 56.3 Å². The number of phenolic OH excluding ortho intramolecular Hbond substituents is 1. The van der Waals surface area contributed by atoms with Gasteiger partial charge >= 0.3 is 0 Å². The van der Waals surface area contributed by atoms with E-state index in [4.69, 9.17) is 32.8 Å². The second-order valence-electron chi connectivity index (χ2n) is 12.3. The lowest BCUT2D eigenvalue weighted by Crippen LogP contribution is -2.62. The number of ether oxygens (including phenoxy) is 6. The molecule has 9 N–H and O–H groups in total. The zero-order valence-electron chi connectivity index (χ0n) is 26.1. The molecule has 14 unspecified atom stereocenters. The molecule has 3 aliphatic rings. The third-order valence-corrected chi connectivity index (χ3v) is 8.78. The minimum Gasteiger partial charge on any atom is -0.508 e. The van der Waals surface area contributed by atoms with Gasteiger partial charge in [0.15, 0.2) is 18.2 Å². The van der Waals surface area contributed by atoms with E-state index in [-0.39, 0.29) is 33.8 Å². The number of hydrogen-bond acceptors (Lipinski definition) is 17. The largest absolute Gasteiger partial charge is 0.508 e. The zero-order chi connectivity index (χ0) is 35.3. The first-order valence-corrected chi connectivity index (χ1v) is 15.5. The average Bonchev–Trinajstić information content (AvgIpc) is 3.08. The molecule has 6 rings (SSSR count). The molecule has 0 aliphatic carbocycles. The fourth-order valence-electron chi connectivity index (χ4n) is 5.80. The predicted octanol–water partition coefficient (Wildman–Crippen LogP) is -1.96. The summed E-state index contributed by atoms with van der Waals surface area (Å²) >= 11 is 0. The first-order valence-electron chi connectivity index (χ1n) is 15.5. The standard InChI is InChI=1S/C32H38O17/c1-11-19(35)23(39)26(42)31(44-11)46-15-7-8-16-18(9-15)47-27(13-3-5-14(33)6-4-13)28(21(16)37)48-32-29(24(40)20(36)12(2)45-32)49-30-25(41)22(38)17(34)10-43-30/h3-9,11-12,17,19-20,22-26,29-36,38-42H,10H2,1-2H3. The molecule has 14 atom stereocenters. The highest BCUT2D eigenvalue weighted by atomic mass is 16.8. The summed E-state index contributed by atoms with van der Waals surface area (Å²) in [5.74, 6) is -0.627. The second-order valence-corrected chi connectivity index (χ2v) is 12.3. The normalized spacial score (nSPS) is 38.3. The molecule has 17 heteroatoms. The van der Waals surface area contributed by atoms with Crippen LogP contribution < -0.4 is 14.9 Å². The van der Waals surface area contributed by atoms with Crippen molar-refractivity contribution in [2.45, 2.75) is 99.9 Å². The van der Waals surface area contributed by atoms with Crippen molar-refractivity contribution in [1.29, 1.82) is 0 Å². The summed E-state index contributed by atoms with van der Waals surface area (Å²) in [5, 5.41) is 92.4. The summed E-state index contributed by atoms with van der Waals surface area (Å²) in [6.45, 7) is 2.51. The van der Waals surface area contributed by atoms with Crippen LogP contribution in [0, 0.1) is 0 Å². The second kappa shape index (κ2) is 14.1. The summed E-state index contributed by atoms with van der Waals surface area (Å²) in [6, 6.07) is 9.56. The van der Waals surface area contributed by atoms with Crippen molar-refractivity contribution in [3.05, 3.63) is 52.7 Å². The molecule has 2 aromatic carbocycles. The first-order chi connectivity index (χ1) is 23.2. The monoisotopic (exact) mass is 694 g/mol. The maximum Gasteiger partial charge on any atom is 0.235 e. The minimum atomic E-state index is -1.76. The van der Waals surface area contributed by atoms with Gasteiger partial charge in [-0.3, -0.25) is 4.79 Å². The topological polar surface area (TPSA) is 268 Å². The number of fused-ring (bicyclic) bond motifs is 1. The summed E-state index contributed by atoms with van der Waals surface area (Å²) < 4.78 is 40.3. The van der Waals surface area contributed by atoms with Crippen molar-refractivity contribution in [2.24, 2.45) is 0 Å². The molecular formula is C32H38O17. The molecule has 0 saturated carbocycles. The van der Waals surface area contributed by atoms with E-state index in [1.807, 2.05) is 0 Å². The number of aliphatic hydroxyl groups is 8. The van der Waals surface area contributed by atoms with Crippen LogP contribution in [0.15, 0.2) is 51.7 Å². The van der Waals surface area contributed by atoms with E-state index in [2.05, 4.69) is 0 Å². The molecule has 3 aliphatic heterocycles. The Balaban J connectivity index is 1.37. The van der Waals surface area contributed by atoms with Crippen LogP contribution in [0.25, 0.3) is 22.3 Å². The van der Waals surface area contributed by atoms with Crippen molar-refractivity contribution in [3.8, 4) is 28.6 Å². The van der Waals surface area contributed by atoms with Gasteiger partial charge in [-0.25, -0.2) is 0 Å². The van der Waals surface area contributed by atoms with Gasteiger partial charge in [-0.2, -0.15) is 0 Å². The fraction of sp³-hybridized carbons (Fsp3) is 0.531. The third-order valence-electron chi connectivity index (χ3n) is 8.78. The van der Waals surface area contributed by atoms with E-state index in [1.54, 1.807) is 0 Å². The SMILES string of the molecule is CC1OC(Oc2ccc3c(=O)c(OC4OC(C)C(O)C(O)C4OC4OCC(O)C(O)C4O)c(-c4ccc(O)cc4)oc3c2)C(O)C(O)C1O. The van der Waals surface area contributed by atoms with Crippen LogP contribution in [0.5, 0.6) is 17.2 Å². The number of aliphatic hydroxyl groups excluding tert-OH is 8. The zero-order valence-corrected chi connectivity index (χ0v) is 26.1. The number of benzene rings is 2. The highest BCUT2D eigenvalue weighted by Crippen LogP contribution is 2.36. The molecule has 0 bridgehead atoms. The quantitative estimate of drug-likeness (QED) is 0.130. The van der Waals surface area contributed by atoms with Crippen molar-refractivity contribution >= 4 is 11.0 Å². The predicted molar refractivity (Wildman–Crippen MR) is 162 cm³/mol. The number of phenols is 1. The van der Waals surface area contributed by atoms with Gasteiger partial charge in [0.05, 0.1) is 24.2 Å². The molecular weight excluding hydrogens is 656 g/mol. The van der Waals surface area contributed by atoms with Gasteiger partial charge in [0.1, 0.15) is 65.9 Å². The van der Waals surface area contributed by atoms with Gasteiger partial charge in [0.25, 0.3) is 0 Å². The number of rotatable bonds is 7. The minimum absolute atomic E-state index is 0.0238. The van der Waals surface area contributed by atoms with Gasteiger partial charge in [-0.05, 0) is 50.2 Å². The Hall–Kier alpha value is -3.43. The number of hydrogen-bond donors (Lipinski definition) is 9. The van der Waals surface area contributed by atoms with Gasteiger partial charge in [0, 0.05) is 11.6 Å². The van der Waals surface area contributed by atoms with E-state index < -0.39 is 104 Å². The lowest BCUT2D eigenvalue weighted by Gasteiger charge is -2.44. The highest BCUT2D eigenvalue weighted by Gasteiger charge is 2.49. The van der Waals surface area contributed by atoms with Crippen molar-refractivity contribution in [3.63, 3.8) is 0 Å². The average molecular weight is 695 g/mol. The molecule has 268 valence electrons. The Morgan fingerprint density at radius 3 is 2.02 bits per heavy atom. The van der Waals surface area contributed by atoms with Crippen LogP contribution in [0.4, 0.5) is 0 Å². The summed E-state index contributed by atoms with van der Waals surface area (Å²) in [4.78, 5) is 14.1. The van der Waals surface area contributed by atoms with Crippen LogP contribution >= 0.6 is 0 Å². The van der Waals surface area contributed by atoms with Crippen LogP contribution in [-0.2, 0) is 18.9 Å².